The van der Waals surface area contributed by atoms with E-state index in [-0.39, 0.29) is 5.91 Å². The molecule has 1 saturated carbocycles. The highest BCUT2D eigenvalue weighted by atomic mass is 16.4. The van der Waals surface area contributed by atoms with E-state index in [0.717, 1.165) is 12.8 Å². The summed E-state index contributed by atoms with van der Waals surface area (Å²) in [5.41, 5.74) is -0.887. The molecule has 0 atom stereocenters. The van der Waals surface area contributed by atoms with Crippen molar-refractivity contribution in [2.75, 3.05) is 6.54 Å². The van der Waals surface area contributed by atoms with Crippen LogP contribution in [0.2, 0.25) is 0 Å². The minimum atomic E-state index is -0.887. The van der Waals surface area contributed by atoms with E-state index < -0.39 is 11.5 Å². The maximum atomic E-state index is 11.3. The molecule has 14 heavy (non-hydrogen) atoms. The fourth-order valence-corrected chi connectivity index (χ4v) is 2.01. The molecule has 0 aromatic heterocycles. The first kappa shape index (κ1) is 11.0. The predicted molar refractivity (Wildman–Crippen MR) is 51.9 cm³/mol. The number of carboxylic acid groups (broad SMARTS) is 1. The maximum absolute atomic E-state index is 11.3. The van der Waals surface area contributed by atoms with Gasteiger partial charge < -0.3 is 10.0 Å². The normalized spacial score (nSPS) is 18.4. The van der Waals surface area contributed by atoms with Crippen LogP contribution in [0.5, 0.6) is 0 Å². The Morgan fingerprint density at radius 3 is 2.21 bits per heavy atom. The zero-order valence-electron chi connectivity index (χ0n) is 8.75. The second-order valence-electron chi connectivity index (χ2n) is 3.86. The van der Waals surface area contributed by atoms with E-state index in [9.17, 15) is 9.59 Å². The van der Waals surface area contributed by atoms with Gasteiger partial charge in [0.15, 0.2) is 0 Å². The van der Waals surface area contributed by atoms with E-state index in [1.807, 2.05) is 6.92 Å². The molecule has 4 nitrogen and oxygen atoms in total. The molecule has 80 valence electrons. The summed E-state index contributed by atoms with van der Waals surface area (Å²) in [5.74, 6) is -0.985. The monoisotopic (exact) mass is 199 g/mol. The highest BCUT2D eigenvalue weighted by Gasteiger charge is 2.50. The molecule has 1 aliphatic carbocycles. The highest BCUT2D eigenvalue weighted by molar-refractivity contribution is 5.87. The van der Waals surface area contributed by atoms with Gasteiger partial charge in [0.1, 0.15) is 5.54 Å². The highest BCUT2D eigenvalue weighted by Crippen LogP contribution is 2.38. The van der Waals surface area contributed by atoms with Crippen LogP contribution in [0, 0.1) is 0 Å². The van der Waals surface area contributed by atoms with Gasteiger partial charge in [-0.1, -0.05) is 6.92 Å². The van der Waals surface area contributed by atoms with E-state index in [0.29, 0.717) is 19.4 Å². The lowest BCUT2D eigenvalue weighted by Gasteiger charge is -2.46. The van der Waals surface area contributed by atoms with Gasteiger partial charge in [0.25, 0.3) is 0 Å². The van der Waals surface area contributed by atoms with E-state index in [1.165, 1.54) is 11.8 Å². The van der Waals surface area contributed by atoms with Crippen molar-refractivity contribution in [1.82, 2.24) is 4.90 Å². The second-order valence-corrected chi connectivity index (χ2v) is 3.86. The molecule has 0 unspecified atom stereocenters. The Morgan fingerprint density at radius 2 is 2.00 bits per heavy atom. The molecule has 4 heteroatoms. The smallest absolute Gasteiger partial charge is 0.329 e. The summed E-state index contributed by atoms with van der Waals surface area (Å²) in [6.45, 7) is 3.93. The summed E-state index contributed by atoms with van der Waals surface area (Å²) in [6, 6.07) is 0. The number of carbonyl (C=O) groups excluding carboxylic acids is 1. The molecule has 1 rings (SSSR count). The third-order valence-corrected chi connectivity index (χ3v) is 2.92. The molecule has 0 heterocycles. The number of carboxylic acids is 1. The minimum Gasteiger partial charge on any atom is -0.479 e. The summed E-state index contributed by atoms with van der Waals surface area (Å²) >= 11 is 0. The Morgan fingerprint density at radius 1 is 1.43 bits per heavy atom. The number of aliphatic carboxylic acids is 1. The van der Waals surface area contributed by atoms with E-state index >= 15 is 0 Å². The molecule has 1 fully saturated rings. The Bertz CT molecular complexity index is 246. The summed E-state index contributed by atoms with van der Waals surface area (Å²) in [6.07, 6.45) is 2.90. The Labute approximate surface area is 83.9 Å². The van der Waals surface area contributed by atoms with E-state index in [4.69, 9.17) is 5.11 Å². The van der Waals surface area contributed by atoms with Gasteiger partial charge in [-0.25, -0.2) is 4.79 Å². The van der Waals surface area contributed by atoms with Gasteiger partial charge >= 0.3 is 5.97 Å². The molecule has 1 amide bonds. The van der Waals surface area contributed by atoms with Gasteiger partial charge in [-0.3, -0.25) is 4.79 Å². The van der Waals surface area contributed by atoms with Gasteiger partial charge in [0.05, 0.1) is 0 Å². The second kappa shape index (κ2) is 3.98. The van der Waals surface area contributed by atoms with E-state index in [2.05, 4.69) is 0 Å². The largest absolute Gasteiger partial charge is 0.479 e. The van der Waals surface area contributed by atoms with Crippen LogP contribution in [0.1, 0.15) is 39.5 Å². The Kier molecular flexibility index (Phi) is 3.13. The van der Waals surface area contributed by atoms with Crippen molar-refractivity contribution in [2.45, 2.75) is 45.1 Å². The standard InChI is InChI=1S/C10H17NO3/c1-3-7-11(8(2)12)10(9(13)14)5-4-6-10/h3-7H2,1-2H3,(H,13,14). The fourth-order valence-electron chi connectivity index (χ4n) is 2.01. The van der Waals surface area contributed by atoms with Gasteiger partial charge in [-0.05, 0) is 25.7 Å². The minimum absolute atomic E-state index is 0.131. The van der Waals surface area contributed by atoms with Crippen molar-refractivity contribution >= 4 is 11.9 Å². The average molecular weight is 199 g/mol. The zero-order chi connectivity index (χ0) is 10.8. The first-order valence-electron chi connectivity index (χ1n) is 5.06. The average Bonchev–Trinajstić information content (AvgIpc) is 1.99. The van der Waals surface area contributed by atoms with Crippen LogP contribution in [0.25, 0.3) is 0 Å². The van der Waals surface area contributed by atoms with Crippen molar-refractivity contribution in [1.29, 1.82) is 0 Å². The molecule has 0 bridgehead atoms. The number of amides is 1. The molecule has 0 radical (unpaired) electrons. The lowest BCUT2D eigenvalue weighted by molar-refractivity contribution is -0.165. The van der Waals surface area contributed by atoms with Crippen LogP contribution in [-0.4, -0.2) is 34.0 Å². The van der Waals surface area contributed by atoms with Gasteiger partial charge in [0, 0.05) is 13.5 Å². The summed E-state index contributed by atoms with van der Waals surface area (Å²) in [4.78, 5) is 24.0. The fraction of sp³-hybridized carbons (Fsp3) is 0.800. The SMILES string of the molecule is CCCN(C(C)=O)C1(C(=O)O)CCC1. The lowest BCUT2D eigenvalue weighted by atomic mass is 9.75. The van der Waals surface area contributed by atoms with Gasteiger partial charge in [-0.2, -0.15) is 0 Å². The Balaban J connectivity index is 2.83. The maximum Gasteiger partial charge on any atom is 0.329 e. The van der Waals surface area contributed by atoms with Crippen LogP contribution in [0.15, 0.2) is 0 Å². The number of hydrogen-bond acceptors (Lipinski definition) is 2. The molecule has 0 saturated heterocycles. The van der Waals surface area contributed by atoms with Crippen molar-refractivity contribution in [3.63, 3.8) is 0 Å². The number of hydrogen-bond donors (Lipinski definition) is 1. The summed E-state index contributed by atoms with van der Waals surface area (Å²) < 4.78 is 0. The van der Waals surface area contributed by atoms with Crippen molar-refractivity contribution in [3.8, 4) is 0 Å². The molecule has 1 N–H and O–H groups in total. The summed E-state index contributed by atoms with van der Waals surface area (Å²) in [7, 11) is 0. The lowest BCUT2D eigenvalue weighted by Crippen LogP contribution is -2.61. The van der Waals surface area contributed by atoms with Crippen molar-refractivity contribution in [2.24, 2.45) is 0 Å². The Hall–Kier alpha value is -1.06. The van der Waals surface area contributed by atoms with Gasteiger partial charge in [-0.15, -0.1) is 0 Å². The van der Waals surface area contributed by atoms with Crippen LogP contribution in [0.4, 0.5) is 0 Å². The molecular weight excluding hydrogens is 182 g/mol. The number of carbonyl (C=O) groups is 2. The van der Waals surface area contributed by atoms with Crippen LogP contribution in [0.3, 0.4) is 0 Å². The van der Waals surface area contributed by atoms with Crippen molar-refractivity contribution in [3.05, 3.63) is 0 Å². The third-order valence-electron chi connectivity index (χ3n) is 2.92. The molecular formula is C10H17NO3. The van der Waals surface area contributed by atoms with Crippen molar-refractivity contribution < 1.29 is 14.7 Å². The first-order chi connectivity index (χ1) is 6.54. The zero-order valence-corrected chi connectivity index (χ0v) is 8.75. The van der Waals surface area contributed by atoms with Crippen LogP contribution in [-0.2, 0) is 9.59 Å². The van der Waals surface area contributed by atoms with E-state index in [1.54, 1.807) is 0 Å². The molecule has 0 spiro atoms. The summed E-state index contributed by atoms with van der Waals surface area (Å²) in [5, 5.41) is 9.14. The first-order valence-corrected chi connectivity index (χ1v) is 5.06. The molecule has 0 aliphatic heterocycles. The van der Waals surface area contributed by atoms with Gasteiger partial charge in [0.2, 0.25) is 5.91 Å². The predicted octanol–water partition coefficient (Wildman–Crippen LogP) is 1.25. The molecule has 1 aliphatic rings. The quantitative estimate of drug-likeness (QED) is 0.741. The van der Waals surface area contributed by atoms with Crippen LogP contribution < -0.4 is 0 Å². The molecule has 0 aromatic rings. The van der Waals surface area contributed by atoms with Crippen LogP contribution >= 0.6 is 0 Å². The third kappa shape index (κ3) is 1.61. The number of nitrogens with zero attached hydrogens (tertiary/aromatic N) is 1. The molecule has 0 aromatic carbocycles. The number of rotatable bonds is 4. The topological polar surface area (TPSA) is 57.6 Å².